The van der Waals surface area contributed by atoms with Gasteiger partial charge in [-0.25, -0.2) is 9.97 Å². The van der Waals surface area contributed by atoms with Crippen molar-refractivity contribution in [1.29, 1.82) is 0 Å². The first-order valence-electron chi connectivity index (χ1n) is 7.81. The third kappa shape index (κ3) is 3.48. The first kappa shape index (κ1) is 15.9. The summed E-state index contributed by atoms with van der Waals surface area (Å²) in [5.74, 6) is 0.464. The van der Waals surface area contributed by atoms with Crippen LogP contribution in [-0.4, -0.2) is 20.4 Å². The number of hydrogen-bond donors (Lipinski definition) is 1. The molecule has 0 radical (unpaired) electrons. The summed E-state index contributed by atoms with van der Waals surface area (Å²) >= 11 is 0. The Morgan fingerprint density at radius 2 is 2.00 bits per heavy atom. The van der Waals surface area contributed by atoms with Gasteiger partial charge in [-0.2, -0.15) is 0 Å². The van der Waals surface area contributed by atoms with E-state index in [9.17, 15) is 9.59 Å². The molecular weight excluding hydrogens is 304 g/mol. The molecule has 0 spiro atoms. The Labute approximate surface area is 139 Å². The maximum Gasteiger partial charge on any atom is 0.261 e. The summed E-state index contributed by atoms with van der Waals surface area (Å²) in [7, 11) is 0. The van der Waals surface area contributed by atoms with Crippen LogP contribution in [0.15, 0.2) is 53.7 Å². The van der Waals surface area contributed by atoms with Gasteiger partial charge >= 0.3 is 0 Å². The zero-order chi connectivity index (χ0) is 16.9. The van der Waals surface area contributed by atoms with Crippen LogP contribution in [0.4, 0.5) is 5.82 Å². The van der Waals surface area contributed by atoms with Crippen LogP contribution in [0.3, 0.4) is 0 Å². The van der Waals surface area contributed by atoms with Crippen LogP contribution in [0.25, 0.3) is 10.9 Å². The standard InChI is InChI=1S/C18H18N4O2/c1-13-6-4-10-19-17(13)21-16(23)9-5-11-22-12-20-15-8-3-2-7-14(15)18(22)24/h2-4,6-8,10,12H,5,9,11H2,1H3,(H,19,21,23). The Bertz CT molecular complexity index is 933. The van der Waals surface area contributed by atoms with E-state index in [1.165, 1.54) is 6.33 Å². The lowest BCUT2D eigenvalue weighted by Gasteiger charge is -2.08. The van der Waals surface area contributed by atoms with Crippen molar-refractivity contribution in [3.8, 4) is 0 Å². The number of carbonyl (C=O) groups is 1. The van der Waals surface area contributed by atoms with Crippen LogP contribution in [0, 0.1) is 6.92 Å². The van der Waals surface area contributed by atoms with E-state index in [1.807, 2.05) is 37.3 Å². The molecule has 0 aliphatic rings. The summed E-state index contributed by atoms with van der Waals surface area (Å²) < 4.78 is 1.54. The average molecular weight is 322 g/mol. The molecule has 0 aliphatic heterocycles. The number of hydrogen-bond acceptors (Lipinski definition) is 4. The van der Waals surface area contributed by atoms with Crippen LogP contribution < -0.4 is 10.9 Å². The maximum absolute atomic E-state index is 12.4. The number of aromatic nitrogens is 3. The highest BCUT2D eigenvalue weighted by atomic mass is 16.1. The molecule has 0 saturated heterocycles. The topological polar surface area (TPSA) is 76.9 Å². The molecule has 6 nitrogen and oxygen atoms in total. The van der Waals surface area contributed by atoms with Gasteiger partial charge in [-0.05, 0) is 37.1 Å². The monoisotopic (exact) mass is 322 g/mol. The molecule has 122 valence electrons. The smallest absolute Gasteiger partial charge is 0.261 e. The predicted molar refractivity (Wildman–Crippen MR) is 92.8 cm³/mol. The second-order valence-corrected chi connectivity index (χ2v) is 5.58. The first-order chi connectivity index (χ1) is 11.6. The SMILES string of the molecule is Cc1cccnc1NC(=O)CCCn1cnc2ccccc2c1=O. The lowest BCUT2D eigenvalue weighted by Crippen LogP contribution is -2.21. The molecule has 0 saturated carbocycles. The lowest BCUT2D eigenvalue weighted by molar-refractivity contribution is -0.116. The third-order valence-electron chi connectivity index (χ3n) is 3.80. The van der Waals surface area contributed by atoms with Gasteiger partial charge in [0, 0.05) is 19.2 Å². The van der Waals surface area contributed by atoms with E-state index in [1.54, 1.807) is 16.8 Å². The van der Waals surface area contributed by atoms with Crippen LogP contribution in [-0.2, 0) is 11.3 Å². The van der Waals surface area contributed by atoms with Crippen molar-refractivity contribution in [2.75, 3.05) is 5.32 Å². The van der Waals surface area contributed by atoms with Crippen LogP contribution in [0.5, 0.6) is 0 Å². The van der Waals surface area contributed by atoms with Gasteiger partial charge < -0.3 is 5.32 Å². The highest BCUT2D eigenvalue weighted by Gasteiger charge is 2.07. The molecule has 0 unspecified atom stereocenters. The predicted octanol–water partition coefficient (Wildman–Crippen LogP) is 2.52. The number of para-hydroxylation sites is 1. The second kappa shape index (κ2) is 7.04. The molecule has 24 heavy (non-hydrogen) atoms. The molecule has 3 rings (SSSR count). The number of fused-ring (bicyclic) bond motifs is 1. The molecule has 0 atom stereocenters. The van der Waals surface area contributed by atoms with Gasteiger partial charge in [0.1, 0.15) is 5.82 Å². The summed E-state index contributed by atoms with van der Waals surface area (Å²) in [5, 5.41) is 3.38. The number of rotatable bonds is 5. The molecule has 0 bridgehead atoms. The molecule has 1 N–H and O–H groups in total. The number of carbonyl (C=O) groups excluding carboxylic acids is 1. The van der Waals surface area contributed by atoms with E-state index >= 15 is 0 Å². The van der Waals surface area contributed by atoms with Crippen LogP contribution in [0.2, 0.25) is 0 Å². The Morgan fingerprint density at radius 3 is 2.83 bits per heavy atom. The second-order valence-electron chi connectivity index (χ2n) is 5.58. The number of anilines is 1. The molecular formula is C18H18N4O2. The fraction of sp³-hybridized carbons (Fsp3) is 0.222. The molecule has 0 fully saturated rings. The van der Waals surface area contributed by atoms with Crippen molar-refractivity contribution in [2.24, 2.45) is 0 Å². The van der Waals surface area contributed by atoms with Crippen molar-refractivity contribution in [2.45, 2.75) is 26.3 Å². The molecule has 3 aromatic rings. The summed E-state index contributed by atoms with van der Waals surface area (Å²) in [4.78, 5) is 32.8. The van der Waals surface area contributed by atoms with E-state index in [-0.39, 0.29) is 11.5 Å². The minimum atomic E-state index is -0.112. The zero-order valence-corrected chi connectivity index (χ0v) is 13.4. The third-order valence-corrected chi connectivity index (χ3v) is 3.80. The fourth-order valence-electron chi connectivity index (χ4n) is 2.49. The van der Waals surface area contributed by atoms with Crippen molar-refractivity contribution in [1.82, 2.24) is 14.5 Å². The largest absolute Gasteiger partial charge is 0.310 e. The lowest BCUT2D eigenvalue weighted by atomic mass is 10.2. The van der Waals surface area contributed by atoms with E-state index in [2.05, 4.69) is 15.3 Å². The zero-order valence-electron chi connectivity index (χ0n) is 13.4. The molecule has 0 aliphatic carbocycles. The van der Waals surface area contributed by atoms with Gasteiger partial charge in [-0.15, -0.1) is 0 Å². The molecule has 2 aromatic heterocycles. The molecule has 2 heterocycles. The molecule has 1 amide bonds. The summed E-state index contributed by atoms with van der Waals surface area (Å²) in [6.45, 7) is 2.34. The Kier molecular flexibility index (Phi) is 4.65. The van der Waals surface area contributed by atoms with Crippen molar-refractivity contribution in [3.05, 3.63) is 64.8 Å². The van der Waals surface area contributed by atoms with E-state index in [4.69, 9.17) is 0 Å². The van der Waals surface area contributed by atoms with Gasteiger partial charge in [-0.3, -0.25) is 14.2 Å². The van der Waals surface area contributed by atoms with Crippen molar-refractivity contribution in [3.63, 3.8) is 0 Å². The van der Waals surface area contributed by atoms with E-state index in [0.717, 1.165) is 5.56 Å². The Hall–Kier alpha value is -3.02. The number of pyridine rings is 1. The minimum Gasteiger partial charge on any atom is -0.310 e. The first-order valence-corrected chi connectivity index (χ1v) is 7.81. The van der Waals surface area contributed by atoms with Crippen LogP contribution >= 0.6 is 0 Å². The van der Waals surface area contributed by atoms with Crippen molar-refractivity contribution < 1.29 is 4.79 Å². The van der Waals surface area contributed by atoms with Gasteiger partial charge in [0.25, 0.3) is 5.56 Å². The van der Waals surface area contributed by atoms with E-state index < -0.39 is 0 Å². The quantitative estimate of drug-likeness (QED) is 0.783. The van der Waals surface area contributed by atoms with Crippen LogP contribution in [0.1, 0.15) is 18.4 Å². The summed E-state index contributed by atoms with van der Waals surface area (Å²) in [5.41, 5.74) is 1.52. The molecule has 1 aromatic carbocycles. The van der Waals surface area contributed by atoms with Gasteiger partial charge in [-0.1, -0.05) is 18.2 Å². The highest BCUT2D eigenvalue weighted by molar-refractivity contribution is 5.90. The van der Waals surface area contributed by atoms with Gasteiger partial charge in [0.2, 0.25) is 5.91 Å². The summed E-state index contributed by atoms with van der Waals surface area (Å²) in [6, 6.07) is 11.0. The van der Waals surface area contributed by atoms with Crippen molar-refractivity contribution >= 4 is 22.6 Å². The number of nitrogens with one attached hydrogen (secondary N) is 1. The number of nitrogens with zero attached hydrogens (tertiary/aromatic N) is 3. The number of amides is 1. The average Bonchev–Trinajstić information content (AvgIpc) is 2.59. The fourth-order valence-corrected chi connectivity index (χ4v) is 2.49. The maximum atomic E-state index is 12.4. The number of aryl methyl sites for hydroxylation is 2. The van der Waals surface area contributed by atoms with E-state index in [0.29, 0.717) is 36.1 Å². The van der Waals surface area contributed by atoms with Gasteiger partial charge in [0.15, 0.2) is 0 Å². The highest BCUT2D eigenvalue weighted by Crippen LogP contribution is 2.10. The molecule has 6 heteroatoms. The summed E-state index contributed by atoms with van der Waals surface area (Å²) in [6.07, 6.45) is 4.04. The number of benzene rings is 1. The van der Waals surface area contributed by atoms with Gasteiger partial charge in [0.05, 0.1) is 17.2 Å². The normalized spacial score (nSPS) is 10.7. The minimum absolute atomic E-state index is 0.0819. The Balaban J connectivity index is 1.60. The Morgan fingerprint density at radius 1 is 1.17 bits per heavy atom.